The summed E-state index contributed by atoms with van der Waals surface area (Å²) in [5, 5.41) is 24.0. The van der Waals surface area contributed by atoms with Gasteiger partial charge in [0.2, 0.25) is 21.5 Å². The van der Waals surface area contributed by atoms with Crippen LogP contribution in [0.25, 0.3) is 0 Å². The highest BCUT2D eigenvalue weighted by atomic mass is 32.2. The lowest BCUT2D eigenvalue weighted by molar-refractivity contribution is -0.274. The Bertz CT molecular complexity index is 1080. The van der Waals surface area contributed by atoms with Crippen LogP contribution < -0.4 is 4.72 Å². The molecule has 0 atom stereocenters. The molecule has 31 heavy (non-hydrogen) atoms. The van der Waals surface area contributed by atoms with Crippen LogP contribution in [0, 0.1) is 17.1 Å². The first-order chi connectivity index (χ1) is 14.0. The number of esters is 1. The van der Waals surface area contributed by atoms with Gasteiger partial charge in [0, 0.05) is 0 Å². The second-order valence-corrected chi connectivity index (χ2v) is 7.27. The number of aliphatic hydroxyl groups is 1. The smallest absolute Gasteiger partial charge is 0.461 e. The number of nitriles is 1. The molecule has 1 rings (SSSR count). The molecule has 1 aromatic rings. The quantitative estimate of drug-likeness (QED) is 0.203. The fourth-order valence-electron chi connectivity index (χ4n) is 1.79. The van der Waals surface area contributed by atoms with Gasteiger partial charge in [0.25, 0.3) is 0 Å². The number of allylic oxidation sites excluding steroid dienone is 1. The van der Waals surface area contributed by atoms with Crippen LogP contribution in [-0.2, 0) is 19.6 Å². The van der Waals surface area contributed by atoms with Crippen molar-refractivity contribution in [2.75, 3.05) is 17.6 Å². The molecule has 0 unspecified atom stereocenters. The average Bonchev–Trinajstić information content (AvgIpc) is 2.61. The van der Waals surface area contributed by atoms with Gasteiger partial charge in [0.05, 0.1) is 24.1 Å². The van der Waals surface area contributed by atoms with E-state index in [1.165, 1.54) is 6.07 Å². The van der Waals surface area contributed by atoms with Crippen molar-refractivity contribution in [2.45, 2.75) is 19.0 Å². The second-order valence-electron chi connectivity index (χ2n) is 5.53. The molecule has 1 aromatic carbocycles. The third-order valence-corrected chi connectivity index (χ3v) is 3.70. The van der Waals surface area contributed by atoms with E-state index in [9.17, 15) is 44.7 Å². The zero-order valence-corrected chi connectivity index (χ0v) is 16.3. The van der Waals surface area contributed by atoms with Crippen LogP contribution in [0.15, 0.2) is 33.8 Å². The van der Waals surface area contributed by atoms with Gasteiger partial charge < -0.3 is 9.84 Å². The van der Waals surface area contributed by atoms with Gasteiger partial charge >= 0.3 is 18.1 Å². The summed E-state index contributed by atoms with van der Waals surface area (Å²) in [6.07, 6.45) is -5.64. The second kappa shape index (κ2) is 9.20. The normalized spacial score (nSPS) is 13.5. The monoisotopic (exact) mass is 474 g/mol. The Morgan fingerprint density at radius 2 is 1.87 bits per heavy atom. The molecule has 9 nitrogen and oxygen atoms in total. The lowest BCUT2D eigenvalue weighted by Gasteiger charge is -2.19. The van der Waals surface area contributed by atoms with E-state index in [0.29, 0.717) is 18.4 Å². The Balaban J connectivity index is 3.64. The third-order valence-electron chi connectivity index (χ3n) is 3.11. The van der Waals surface area contributed by atoms with Crippen molar-refractivity contribution < 1.29 is 49.4 Å². The first kappa shape index (κ1) is 25.7. The minimum absolute atomic E-state index is 0.458. The Labute approximate surface area is 170 Å². The van der Waals surface area contributed by atoms with Crippen LogP contribution in [0.5, 0.6) is 0 Å². The number of carbonyl (C=O) groups is 1. The molecule has 0 saturated carbocycles. The number of nitrogens with zero attached hydrogens (tertiary/aromatic N) is 3. The summed E-state index contributed by atoms with van der Waals surface area (Å²) < 4.78 is 107. The zero-order chi connectivity index (χ0) is 24.2. The van der Waals surface area contributed by atoms with E-state index in [-0.39, 0.29) is 0 Å². The fourth-order valence-corrected chi connectivity index (χ4v) is 2.35. The number of hydrogen-bond donors (Lipinski definition) is 2. The molecular formula is C15H12F6N4O5S. The summed E-state index contributed by atoms with van der Waals surface area (Å²) in [6.45, 7) is 0.644. The fraction of sp³-hybridized carbons (Fsp3) is 0.333. The summed E-state index contributed by atoms with van der Waals surface area (Å²) in [5.74, 6) is -12.1. The van der Waals surface area contributed by atoms with E-state index in [4.69, 9.17) is 5.26 Å². The number of carbonyl (C=O) groups excluding carboxylic acids is 1. The zero-order valence-electron chi connectivity index (χ0n) is 15.5. The number of anilines is 1. The highest BCUT2D eigenvalue weighted by Gasteiger charge is 2.62. The standard InChI is InChI=1S/C15H12F6N4O5S/c1-3-30-13(27)11(12(26)14(17,18)15(19,20)21)24-23-10-5-9(25-31(2,28)29)7(6-22)4-8(10)16/h4-5,25-26H,3H2,1-2H3. The number of benzene rings is 1. The minimum atomic E-state index is -6.32. The van der Waals surface area contributed by atoms with Crippen molar-refractivity contribution in [3.63, 3.8) is 0 Å². The Morgan fingerprint density at radius 1 is 1.29 bits per heavy atom. The van der Waals surface area contributed by atoms with Crippen LogP contribution >= 0.6 is 0 Å². The Hall–Kier alpha value is -3.35. The number of hydrogen-bond acceptors (Lipinski definition) is 8. The summed E-state index contributed by atoms with van der Waals surface area (Å²) in [4.78, 5) is 11.7. The molecular weight excluding hydrogens is 462 g/mol. The maximum absolute atomic E-state index is 14.1. The number of sulfonamides is 1. The molecule has 0 fully saturated rings. The molecule has 0 radical (unpaired) electrons. The number of alkyl halides is 5. The lowest BCUT2D eigenvalue weighted by Crippen LogP contribution is -2.39. The van der Waals surface area contributed by atoms with Crippen molar-refractivity contribution >= 4 is 27.4 Å². The Kier molecular flexibility index (Phi) is 7.63. The van der Waals surface area contributed by atoms with Crippen LogP contribution in [0.2, 0.25) is 0 Å². The molecule has 0 aliphatic carbocycles. The number of rotatable bonds is 7. The van der Waals surface area contributed by atoms with E-state index in [2.05, 4.69) is 15.0 Å². The topological polar surface area (TPSA) is 141 Å². The molecule has 170 valence electrons. The SMILES string of the molecule is CCOC(=O)C(N=Nc1cc(NS(C)(=O)=O)c(C#N)cc1F)=C(O)C(F)(F)C(F)(F)F. The van der Waals surface area contributed by atoms with E-state index >= 15 is 0 Å². The lowest BCUT2D eigenvalue weighted by atomic mass is 10.2. The van der Waals surface area contributed by atoms with E-state index in [1.54, 1.807) is 0 Å². The molecule has 0 spiro atoms. The highest BCUT2D eigenvalue weighted by molar-refractivity contribution is 7.92. The molecule has 0 aliphatic rings. The van der Waals surface area contributed by atoms with Crippen LogP contribution in [-0.4, -0.2) is 44.5 Å². The molecule has 0 heterocycles. The third kappa shape index (κ3) is 6.31. The van der Waals surface area contributed by atoms with E-state index in [0.717, 1.165) is 6.92 Å². The molecule has 0 amide bonds. The molecule has 2 N–H and O–H groups in total. The van der Waals surface area contributed by atoms with Crippen molar-refractivity contribution in [1.29, 1.82) is 5.26 Å². The molecule has 0 saturated heterocycles. The van der Waals surface area contributed by atoms with Gasteiger partial charge in [-0.05, 0) is 19.1 Å². The highest BCUT2D eigenvalue weighted by Crippen LogP contribution is 2.41. The maximum atomic E-state index is 14.1. The number of halogens is 6. The summed E-state index contributed by atoms with van der Waals surface area (Å²) in [5.41, 5.74) is -4.03. The van der Waals surface area contributed by atoms with Crippen LogP contribution in [0.3, 0.4) is 0 Å². The minimum Gasteiger partial charge on any atom is -0.504 e. The largest absolute Gasteiger partial charge is 0.504 e. The first-order valence-corrected chi connectivity index (χ1v) is 9.62. The van der Waals surface area contributed by atoms with Crippen LogP contribution in [0.4, 0.5) is 37.7 Å². The van der Waals surface area contributed by atoms with Gasteiger partial charge in [0.15, 0.2) is 5.82 Å². The molecule has 0 aromatic heterocycles. The van der Waals surface area contributed by atoms with Gasteiger partial charge in [-0.25, -0.2) is 17.6 Å². The predicted molar refractivity (Wildman–Crippen MR) is 91.4 cm³/mol. The van der Waals surface area contributed by atoms with E-state index in [1.807, 2.05) is 4.72 Å². The average molecular weight is 474 g/mol. The number of aliphatic hydroxyl groups excluding tert-OH is 1. The molecule has 0 aliphatic heterocycles. The van der Waals surface area contributed by atoms with Gasteiger partial charge in [-0.1, -0.05) is 0 Å². The van der Waals surface area contributed by atoms with Crippen molar-refractivity contribution in [1.82, 2.24) is 0 Å². The van der Waals surface area contributed by atoms with Crippen molar-refractivity contribution in [2.24, 2.45) is 10.2 Å². The number of nitrogens with one attached hydrogen (secondary N) is 1. The van der Waals surface area contributed by atoms with Crippen LogP contribution in [0.1, 0.15) is 12.5 Å². The predicted octanol–water partition coefficient (Wildman–Crippen LogP) is 3.68. The van der Waals surface area contributed by atoms with Gasteiger partial charge in [-0.15, -0.1) is 10.2 Å². The van der Waals surface area contributed by atoms with Crippen molar-refractivity contribution in [3.8, 4) is 6.07 Å². The maximum Gasteiger partial charge on any atom is 0.461 e. The van der Waals surface area contributed by atoms with Gasteiger partial charge in [-0.3, -0.25) is 4.72 Å². The number of ether oxygens (including phenoxy) is 1. The van der Waals surface area contributed by atoms with E-state index < -0.39 is 68.9 Å². The van der Waals surface area contributed by atoms with Gasteiger partial charge in [0.1, 0.15) is 11.8 Å². The first-order valence-electron chi connectivity index (χ1n) is 7.73. The Morgan fingerprint density at radius 3 is 2.32 bits per heavy atom. The van der Waals surface area contributed by atoms with Gasteiger partial charge in [-0.2, -0.15) is 27.2 Å². The molecule has 16 heteroatoms. The summed E-state index contributed by atoms with van der Waals surface area (Å²) >= 11 is 0. The summed E-state index contributed by atoms with van der Waals surface area (Å²) in [7, 11) is -3.98. The molecule has 0 bridgehead atoms. The number of azo groups is 1. The van der Waals surface area contributed by atoms with Crippen molar-refractivity contribution in [3.05, 3.63) is 35.0 Å². The summed E-state index contributed by atoms with van der Waals surface area (Å²) in [6, 6.07) is 2.47.